The van der Waals surface area contributed by atoms with Crippen LogP contribution in [0.25, 0.3) is 0 Å². The lowest BCUT2D eigenvalue weighted by Gasteiger charge is -2.34. The van der Waals surface area contributed by atoms with Gasteiger partial charge in [0.2, 0.25) is 15.9 Å². The average molecular weight is 446 g/mol. The quantitative estimate of drug-likeness (QED) is 0.594. The van der Waals surface area contributed by atoms with Gasteiger partial charge in [-0.3, -0.25) is 14.2 Å². The second-order valence-electron chi connectivity index (χ2n) is 7.14. The number of hydrogen-bond donors (Lipinski definition) is 0. The average Bonchev–Trinajstić information content (AvgIpc) is 2.77. The molecular formula is C20H23N5O5S. The minimum Gasteiger partial charge on any atom is -0.338 e. The maximum Gasteiger partial charge on any atom is 0.331 e. The van der Waals surface area contributed by atoms with E-state index in [0.717, 1.165) is 4.57 Å². The molecule has 0 spiro atoms. The second kappa shape index (κ2) is 9.28. The van der Waals surface area contributed by atoms with Gasteiger partial charge in [-0.25, -0.2) is 17.8 Å². The Hall–Kier alpha value is -3.23. The molecule has 1 aromatic heterocycles. The van der Waals surface area contributed by atoms with Crippen LogP contribution in [0.4, 0.5) is 0 Å². The normalized spacial score (nSPS) is 14.9. The maximum atomic E-state index is 12.7. The number of nitriles is 1. The van der Waals surface area contributed by atoms with Crippen molar-refractivity contribution in [2.24, 2.45) is 0 Å². The summed E-state index contributed by atoms with van der Waals surface area (Å²) in [5.74, 6) is -0.591. The smallest absolute Gasteiger partial charge is 0.331 e. The first-order valence-corrected chi connectivity index (χ1v) is 11.4. The number of carbonyl (C=O) groups excluding carboxylic acids is 1. The highest BCUT2D eigenvalue weighted by Crippen LogP contribution is 2.14. The van der Waals surface area contributed by atoms with Crippen LogP contribution in [0.3, 0.4) is 0 Å². The Morgan fingerprint density at radius 2 is 1.74 bits per heavy atom. The standard InChI is InChI=1S/C20H23N5O5S/c1-2-22-13-17(12-21)19(27)25(20(22)28)14-18(26)23-8-10-24(11-9-23)31(29,30)15-16-6-4-3-5-7-16/h3-7,13H,2,8-11,14-15H2,1H3. The summed E-state index contributed by atoms with van der Waals surface area (Å²) in [5.41, 5.74) is -1.01. The van der Waals surface area contributed by atoms with Gasteiger partial charge < -0.3 is 4.90 Å². The van der Waals surface area contributed by atoms with Crippen LogP contribution in [-0.4, -0.2) is 58.8 Å². The number of sulfonamides is 1. The van der Waals surface area contributed by atoms with Crippen molar-refractivity contribution in [1.82, 2.24) is 18.3 Å². The molecular weight excluding hydrogens is 422 g/mol. The molecule has 1 aliphatic rings. The second-order valence-corrected chi connectivity index (χ2v) is 9.11. The molecule has 1 aromatic carbocycles. The lowest BCUT2D eigenvalue weighted by molar-refractivity contribution is -0.133. The van der Waals surface area contributed by atoms with E-state index in [1.807, 2.05) is 6.07 Å². The number of rotatable bonds is 6. The van der Waals surface area contributed by atoms with Crippen molar-refractivity contribution in [3.63, 3.8) is 0 Å². The molecule has 0 atom stereocenters. The predicted molar refractivity (Wildman–Crippen MR) is 113 cm³/mol. The molecule has 0 bridgehead atoms. The maximum absolute atomic E-state index is 12.7. The molecule has 0 radical (unpaired) electrons. The Bertz CT molecular complexity index is 1220. The van der Waals surface area contributed by atoms with E-state index in [4.69, 9.17) is 5.26 Å². The van der Waals surface area contributed by atoms with Crippen molar-refractivity contribution in [1.29, 1.82) is 5.26 Å². The molecule has 164 valence electrons. The van der Waals surface area contributed by atoms with E-state index in [0.29, 0.717) is 5.56 Å². The summed E-state index contributed by atoms with van der Waals surface area (Å²) < 4.78 is 28.6. The Morgan fingerprint density at radius 3 is 2.32 bits per heavy atom. The Labute approximate surface area is 179 Å². The molecule has 1 fully saturated rings. The fourth-order valence-electron chi connectivity index (χ4n) is 3.42. The van der Waals surface area contributed by atoms with E-state index < -0.39 is 33.7 Å². The zero-order chi connectivity index (χ0) is 22.6. The van der Waals surface area contributed by atoms with Crippen LogP contribution in [0.5, 0.6) is 0 Å². The number of nitrogens with zero attached hydrogens (tertiary/aromatic N) is 5. The summed E-state index contributed by atoms with van der Waals surface area (Å²) in [6.07, 6.45) is 1.18. The van der Waals surface area contributed by atoms with E-state index in [9.17, 15) is 22.8 Å². The van der Waals surface area contributed by atoms with Crippen LogP contribution in [0.15, 0.2) is 46.1 Å². The molecule has 10 nitrogen and oxygen atoms in total. The largest absolute Gasteiger partial charge is 0.338 e. The number of benzene rings is 1. The van der Waals surface area contributed by atoms with Gasteiger partial charge in [0.05, 0.1) is 5.75 Å². The first-order valence-electron chi connectivity index (χ1n) is 9.80. The van der Waals surface area contributed by atoms with Crippen molar-refractivity contribution in [2.45, 2.75) is 25.8 Å². The summed E-state index contributed by atoms with van der Waals surface area (Å²) in [7, 11) is -3.53. The highest BCUT2D eigenvalue weighted by Gasteiger charge is 2.29. The molecule has 0 saturated carbocycles. The van der Waals surface area contributed by atoms with Crippen LogP contribution in [0.2, 0.25) is 0 Å². The Balaban J connectivity index is 1.68. The van der Waals surface area contributed by atoms with Crippen LogP contribution in [0, 0.1) is 11.3 Å². The van der Waals surface area contributed by atoms with Gasteiger partial charge in [0.15, 0.2) is 0 Å². The van der Waals surface area contributed by atoms with Crippen molar-refractivity contribution in [2.75, 3.05) is 26.2 Å². The minimum absolute atomic E-state index is 0.116. The van der Waals surface area contributed by atoms with E-state index in [-0.39, 0.29) is 44.0 Å². The van der Waals surface area contributed by atoms with Crippen LogP contribution < -0.4 is 11.2 Å². The lowest BCUT2D eigenvalue weighted by atomic mass is 10.2. The zero-order valence-corrected chi connectivity index (χ0v) is 17.9. The predicted octanol–water partition coefficient (Wildman–Crippen LogP) is -0.424. The minimum atomic E-state index is -3.53. The molecule has 2 heterocycles. The topological polar surface area (TPSA) is 125 Å². The third-order valence-electron chi connectivity index (χ3n) is 5.17. The van der Waals surface area contributed by atoms with Gasteiger partial charge in [0, 0.05) is 38.9 Å². The van der Waals surface area contributed by atoms with Gasteiger partial charge in [-0.15, -0.1) is 0 Å². The van der Waals surface area contributed by atoms with E-state index in [1.165, 1.54) is 20.0 Å². The van der Waals surface area contributed by atoms with Gasteiger partial charge in [-0.05, 0) is 12.5 Å². The van der Waals surface area contributed by atoms with Gasteiger partial charge >= 0.3 is 5.69 Å². The molecule has 3 rings (SSSR count). The monoisotopic (exact) mass is 445 g/mol. The Kier molecular flexibility index (Phi) is 6.72. The summed E-state index contributed by atoms with van der Waals surface area (Å²) >= 11 is 0. The summed E-state index contributed by atoms with van der Waals surface area (Å²) in [6, 6.07) is 10.6. The molecule has 31 heavy (non-hydrogen) atoms. The number of amides is 1. The molecule has 2 aromatic rings. The van der Waals surface area contributed by atoms with Crippen LogP contribution in [-0.2, 0) is 33.7 Å². The highest BCUT2D eigenvalue weighted by molar-refractivity contribution is 7.88. The molecule has 1 aliphatic heterocycles. The highest BCUT2D eigenvalue weighted by atomic mass is 32.2. The fourth-order valence-corrected chi connectivity index (χ4v) is 4.94. The third-order valence-corrected chi connectivity index (χ3v) is 7.02. The van der Waals surface area contributed by atoms with Crippen molar-refractivity contribution in [3.05, 3.63) is 68.5 Å². The third kappa shape index (κ3) is 4.92. The van der Waals surface area contributed by atoms with E-state index in [1.54, 1.807) is 37.3 Å². The van der Waals surface area contributed by atoms with E-state index in [2.05, 4.69) is 0 Å². The fraction of sp³-hybridized carbons (Fsp3) is 0.400. The number of piperazine rings is 1. The van der Waals surface area contributed by atoms with Crippen molar-refractivity contribution >= 4 is 15.9 Å². The molecule has 11 heteroatoms. The SMILES string of the molecule is CCn1cc(C#N)c(=O)n(CC(=O)N2CCN(S(=O)(=O)Cc3ccccc3)CC2)c1=O. The summed E-state index contributed by atoms with van der Waals surface area (Å²) in [6.45, 7) is 2.02. The van der Waals surface area contributed by atoms with Crippen molar-refractivity contribution < 1.29 is 13.2 Å². The molecule has 0 unspecified atom stereocenters. The first-order chi connectivity index (χ1) is 14.8. The van der Waals surface area contributed by atoms with Crippen molar-refractivity contribution in [3.8, 4) is 6.07 Å². The number of hydrogen-bond acceptors (Lipinski definition) is 6. The van der Waals surface area contributed by atoms with Crippen LogP contribution in [0.1, 0.15) is 18.1 Å². The van der Waals surface area contributed by atoms with Gasteiger partial charge in [-0.1, -0.05) is 30.3 Å². The molecule has 0 N–H and O–H groups in total. The van der Waals surface area contributed by atoms with Gasteiger partial charge in [0.25, 0.3) is 5.56 Å². The van der Waals surface area contributed by atoms with Crippen LogP contribution >= 0.6 is 0 Å². The first kappa shape index (κ1) is 22.5. The molecule has 1 amide bonds. The zero-order valence-electron chi connectivity index (χ0n) is 17.1. The lowest BCUT2D eigenvalue weighted by Crippen LogP contribution is -2.53. The van der Waals surface area contributed by atoms with E-state index >= 15 is 0 Å². The van der Waals surface area contributed by atoms with Gasteiger partial charge in [-0.2, -0.15) is 9.57 Å². The number of aryl methyl sites for hydroxylation is 1. The number of aromatic nitrogens is 2. The summed E-state index contributed by atoms with van der Waals surface area (Å²) in [5, 5.41) is 9.11. The number of carbonyl (C=O) groups is 1. The molecule has 1 saturated heterocycles. The summed E-state index contributed by atoms with van der Waals surface area (Å²) in [4.78, 5) is 38.9. The van der Waals surface area contributed by atoms with Gasteiger partial charge in [0.1, 0.15) is 18.2 Å². The molecule has 0 aliphatic carbocycles. The Morgan fingerprint density at radius 1 is 1.10 bits per heavy atom.